The van der Waals surface area contributed by atoms with Crippen LogP contribution in [-0.2, 0) is 0 Å². The Kier molecular flexibility index (Phi) is 5.33. The highest BCUT2D eigenvalue weighted by atomic mass is 79.9. The van der Waals surface area contributed by atoms with Gasteiger partial charge in [0.25, 0.3) is 5.91 Å². The zero-order chi connectivity index (χ0) is 15.2. The van der Waals surface area contributed by atoms with Crippen LogP contribution in [0.3, 0.4) is 0 Å². The first-order valence-electron chi connectivity index (χ1n) is 6.88. The van der Waals surface area contributed by atoms with E-state index in [2.05, 4.69) is 38.5 Å². The fraction of sp³-hybridized carbons (Fsp3) is 0.250. The molecule has 0 unspecified atom stereocenters. The topological polar surface area (TPSA) is 54.0 Å². The lowest BCUT2D eigenvalue weighted by atomic mass is 10.2. The molecular weight excluding hydrogens is 330 g/mol. The van der Waals surface area contributed by atoms with Crippen molar-refractivity contribution in [2.45, 2.75) is 20.3 Å². The molecule has 0 radical (unpaired) electrons. The third kappa shape index (κ3) is 3.82. The third-order valence-electron chi connectivity index (χ3n) is 3.03. The van der Waals surface area contributed by atoms with Crippen molar-refractivity contribution in [3.63, 3.8) is 0 Å². The lowest BCUT2D eigenvalue weighted by Gasteiger charge is -2.12. The van der Waals surface area contributed by atoms with Crippen molar-refractivity contribution in [2.24, 2.45) is 0 Å². The summed E-state index contributed by atoms with van der Waals surface area (Å²) in [7, 11) is 0. The summed E-state index contributed by atoms with van der Waals surface area (Å²) in [5, 5.41) is 6.09. The van der Waals surface area contributed by atoms with Crippen LogP contribution in [0.2, 0.25) is 0 Å². The largest absolute Gasteiger partial charge is 0.369 e. The molecule has 2 N–H and O–H groups in total. The van der Waals surface area contributed by atoms with Crippen LogP contribution in [0.5, 0.6) is 0 Å². The van der Waals surface area contributed by atoms with E-state index in [1.165, 1.54) is 0 Å². The van der Waals surface area contributed by atoms with Gasteiger partial charge in [-0.2, -0.15) is 0 Å². The predicted octanol–water partition coefficient (Wildman–Crippen LogP) is 4.23. The molecule has 5 heteroatoms. The van der Waals surface area contributed by atoms with E-state index in [0.717, 1.165) is 28.7 Å². The summed E-state index contributed by atoms with van der Waals surface area (Å²) in [4.78, 5) is 16.7. The molecule has 0 fully saturated rings. The van der Waals surface area contributed by atoms with Gasteiger partial charge in [-0.15, -0.1) is 0 Å². The number of hydrogen-bond donors (Lipinski definition) is 2. The maximum absolute atomic E-state index is 12.4. The molecule has 0 bridgehead atoms. The Bertz CT molecular complexity index is 643. The van der Waals surface area contributed by atoms with Gasteiger partial charge in [-0.25, -0.2) is 4.98 Å². The van der Waals surface area contributed by atoms with Gasteiger partial charge in [0.1, 0.15) is 5.82 Å². The number of hydrogen-bond acceptors (Lipinski definition) is 3. The number of pyridine rings is 1. The lowest BCUT2D eigenvalue weighted by molar-refractivity contribution is 0.102. The van der Waals surface area contributed by atoms with E-state index in [4.69, 9.17) is 0 Å². The van der Waals surface area contributed by atoms with Crippen LogP contribution >= 0.6 is 15.9 Å². The van der Waals surface area contributed by atoms with E-state index in [1.54, 1.807) is 18.3 Å². The summed E-state index contributed by atoms with van der Waals surface area (Å²) in [5.74, 6) is 0.439. The Morgan fingerprint density at radius 2 is 2.10 bits per heavy atom. The molecule has 0 saturated carbocycles. The zero-order valence-electron chi connectivity index (χ0n) is 12.1. The van der Waals surface area contributed by atoms with E-state index in [0.29, 0.717) is 11.4 Å². The van der Waals surface area contributed by atoms with E-state index < -0.39 is 0 Å². The van der Waals surface area contributed by atoms with E-state index >= 15 is 0 Å². The normalized spacial score (nSPS) is 10.2. The fourth-order valence-electron chi connectivity index (χ4n) is 1.91. The second kappa shape index (κ2) is 7.22. The van der Waals surface area contributed by atoms with Gasteiger partial charge < -0.3 is 10.6 Å². The third-order valence-corrected chi connectivity index (χ3v) is 4.09. The lowest BCUT2D eigenvalue weighted by Crippen LogP contribution is -2.16. The van der Waals surface area contributed by atoms with Crippen LogP contribution < -0.4 is 10.6 Å². The average molecular weight is 348 g/mol. The Labute approximate surface area is 133 Å². The monoisotopic (exact) mass is 347 g/mol. The predicted molar refractivity (Wildman–Crippen MR) is 89.8 cm³/mol. The number of carbonyl (C=O) groups excluding carboxylic acids is 1. The molecule has 110 valence electrons. The summed E-state index contributed by atoms with van der Waals surface area (Å²) in [6, 6.07) is 9.29. The molecule has 1 aromatic heterocycles. The number of aromatic nitrogens is 1. The molecular formula is C16H18BrN3O. The smallest absolute Gasteiger partial charge is 0.259 e. The molecule has 0 aliphatic rings. The van der Waals surface area contributed by atoms with Crippen LogP contribution in [0.25, 0.3) is 0 Å². The van der Waals surface area contributed by atoms with Crippen molar-refractivity contribution in [1.82, 2.24) is 4.98 Å². The highest BCUT2D eigenvalue weighted by Crippen LogP contribution is 2.26. The first kappa shape index (κ1) is 15.5. The molecule has 1 aromatic carbocycles. The number of aryl methyl sites for hydroxylation is 1. The first-order valence-corrected chi connectivity index (χ1v) is 7.68. The molecule has 21 heavy (non-hydrogen) atoms. The average Bonchev–Trinajstić information content (AvgIpc) is 2.50. The van der Waals surface area contributed by atoms with E-state index in [1.807, 2.05) is 25.1 Å². The molecule has 0 aliphatic carbocycles. The summed E-state index contributed by atoms with van der Waals surface area (Å²) in [6.45, 7) is 4.84. The Balaban J connectivity index is 2.22. The van der Waals surface area contributed by atoms with Gasteiger partial charge in [0.15, 0.2) is 0 Å². The Morgan fingerprint density at radius 3 is 2.86 bits per heavy atom. The molecule has 1 amide bonds. The van der Waals surface area contributed by atoms with Crippen LogP contribution in [0, 0.1) is 6.92 Å². The maximum atomic E-state index is 12.4. The van der Waals surface area contributed by atoms with Gasteiger partial charge in [0.05, 0.1) is 11.3 Å². The van der Waals surface area contributed by atoms with Gasteiger partial charge in [0.2, 0.25) is 0 Å². The summed E-state index contributed by atoms with van der Waals surface area (Å²) in [6.07, 6.45) is 2.65. The minimum atomic E-state index is -0.173. The number of benzene rings is 1. The van der Waals surface area contributed by atoms with Crippen LogP contribution in [0.4, 0.5) is 11.5 Å². The van der Waals surface area contributed by atoms with Crippen LogP contribution in [0.15, 0.2) is 41.0 Å². The fourth-order valence-corrected chi connectivity index (χ4v) is 2.27. The first-order chi connectivity index (χ1) is 10.1. The molecule has 1 heterocycles. The number of halogens is 1. The highest BCUT2D eigenvalue weighted by Gasteiger charge is 2.13. The number of carbonyl (C=O) groups is 1. The van der Waals surface area contributed by atoms with Gasteiger partial charge in [-0.1, -0.05) is 19.1 Å². The number of rotatable bonds is 5. The number of amides is 1. The van der Waals surface area contributed by atoms with Gasteiger partial charge in [-0.3, -0.25) is 4.79 Å². The number of nitrogens with one attached hydrogen (secondary N) is 2. The molecule has 2 rings (SSSR count). The molecule has 0 spiro atoms. The quantitative estimate of drug-likeness (QED) is 0.850. The zero-order valence-corrected chi connectivity index (χ0v) is 13.7. The minimum Gasteiger partial charge on any atom is -0.369 e. The van der Waals surface area contributed by atoms with Gasteiger partial charge in [-0.05, 0) is 53.0 Å². The van der Waals surface area contributed by atoms with Crippen LogP contribution in [-0.4, -0.2) is 17.4 Å². The molecule has 4 nitrogen and oxygen atoms in total. The van der Waals surface area contributed by atoms with Crippen molar-refractivity contribution in [3.05, 3.63) is 52.1 Å². The van der Waals surface area contributed by atoms with Gasteiger partial charge in [0, 0.05) is 17.2 Å². The summed E-state index contributed by atoms with van der Waals surface area (Å²) >= 11 is 3.50. The van der Waals surface area contributed by atoms with Crippen molar-refractivity contribution in [3.8, 4) is 0 Å². The van der Waals surface area contributed by atoms with Crippen molar-refractivity contribution >= 4 is 33.3 Å². The van der Waals surface area contributed by atoms with Crippen molar-refractivity contribution < 1.29 is 4.79 Å². The second-order valence-corrected chi connectivity index (χ2v) is 5.51. The van der Waals surface area contributed by atoms with Crippen molar-refractivity contribution in [2.75, 3.05) is 17.2 Å². The molecule has 0 aliphatic heterocycles. The highest BCUT2D eigenvalue weighted by molar-refractivity contribution is 9.10. The number of anilines is 2. The second-order valence-electron chi connectivity index (χ2n) is 4.72. The van der Waals surface area contributed by atoms with E-state index in [9.17, 15) is 4.79 Å². The summed E-state index contributed by atoms with van der Waals surface area (Å²) in [5.41, 5.74) is 2.37. The molecule has 2 aromatic rings. The number of nitrogens with zero attached hydrogens (tertiary/aromatic N) is 1. The van der Waals surface area contributed by atoms with E-state index in [-0.39, 0.29) is 5.91 Å². The van der Waals surface area contributed by atoms with Crippen LogP contribution in [0.1, 0.15) is 29.3 Å². The molecule has 0 saturated heterocycles. The minimum absolute atomic E-state index is 0.173. The van der Waals surface area contributed by atoms with Gasteiger partial charge >= 0.3 is 0 Å². The van der Waals surface area contributed by atoms with Crippen molar-refractivity contribution in [1.29, 1.82) is 0 Å². The molecule has 0 atom stereocenters. The maximum Gasteiger partial charge on any atom is 0.259 e. The Hall–Kier alpha value is -1.88. The Morgan fingerprint density at radius 1 is 1.29 bits per heavy atom. The SMILES string of the molecule is CCCNc1ncccc1C(=O)Nc1cccc(C)c1Br. The summed E-state index contributed by atoms with van der Waals surface area (Å²) < 4.78 is 0.894. The standard InChI is InChI=1S/C16H18BrN3O/c1-3-9-18-15-12(7-5-10-19-15)16(21)20-13-8-4-6-11(2)14(13)17/h4-8,10H,3,9H2,1-2H3,(H,18,19)(H,20,21).